The van der Waals surface area contributed by atoms with Crippen molar-refractivity contribution in [2.24, 2.45) is 11.8 Å². The average Bonchev–Trinajstić information content (AvgIpc) is 2.83. The SMILES string of the molecule is COc1ccc2c3c1OC1C(=O)CC[C@H]4[C@H](CCC[C@]314)C2. The second kappa shape index (κ2) is 3.82. The number of benzene rings is 1. The Hall–Kier alpha value is -1.51. The minimum Gasteiger partial charge on any atom is -0.493 e. The first-order valence-corrected chi connectivity index (χ1v) is 8.15. The molecule has 0 radical (unpaired) electrons. The van der Waals surface area contributed by atoms with Crippen molar-refractivity contribution >= 4 is 5.78 Å². The van der Waals surface area contributed by atoms with Crippen LogP contribution in [0, 0.1) is 11.8 Å². The molecule has 0 amide bonds. The van der Waals surface area contributed by atoms with Crippen molar-refractivity contribution in [2.45, 2.75) is 50.0 Å². The van der Waals surface area contributed by atoms with Gasteiger partial charge < -0.3 is 9.47 Å². The Morgan fingerprint density at radius 2 is 2.24 bits per heavy atom. The number of ketones is 1. The number of Topliss-reactive ketones (excluding diaryl/α,β-unsaturated/α-hetero) is 1. The van der Waals surface area contributed by atoms with Gasteiger partial charge in [0.2, 0.25) is 0 Å². The van der Waals surface area contributed by atoms with Gasteiger partial charge in [-0.1, -0.05) is 12.5 Å². The highest BCUT2D eigenvalue weighted by atomic mass is 16.5. The van der Waals surface area contributed by atoms with E-state index in [4.69, 9.17) is 9.47 Å². The van der Waals surface area contributed by atoms with Crippen molar-refractivity contribution in [3.05, 3.63) is 23.3 Å². The van der Waals surface area contributed by atoms with E-state index in [1.165, 1.54) is 24.0 Å². The van der Waals surface area contributed by atoms with Gasteiger partial charge in [-0.2, -0.15) is 0 Å². The summed E-state index contributed by atoms with van der Waals surface area (Å²) in [4.78, 5) is 12.6. The standard InChI is InChI=1S/C18H20O3/c1-20-14-7-4-11-9-10-3-2-8-18-12(10)5-6-13(19)17(18)21-16(14)15(11)18/h4,7,10,12,17H,2-3,5-6,8-9H2,1H3/t10-,12+,17?,18+/m1/s1. The lowest BCUT2D eigenvalue weighted by atomic mass is 9.48. The predicted molar refractivity (Wildman–Crippen MR) is 77.9 cm³/mol. The lowest BCUT2D eigenvalue weighted by Crippen LogP contribution is -2.58. The summed E-state index contributed by atoms with van der Waals surface area (Å²) in [5.41, 5.74) is 2.71. The molecule has 2 fully saturated rings. The fourth-order valence-corrected chi connectivity index (χ4v) is 5.82. The monoisotopic (exact) mass is 284 g/mol. The minimum absolute atomic E-state index is 0.0320. The molecule has 21 heavy (non-hydrogen) atoms. The van der Waals surface area contributed by atoms with Gasteiger partial charge >= 0.3 is 0 Å². The maximum Gasteiger partial charge on any atom is 0.174 e. The van der Waals surface area contributed by atoms with E-state index < -0.39 is 0 Å². The van der Waals surface area contributed by atoms with Crippen molar-refractivity contribution in [1.82, 2.24) is 0 Å². The van der Waals surface area contributed by atoms with E-state index in [0.29, 0.717) is 18.1 Å². The van der Waals surface area contributed by atoms with Crippen LogP contribution in [0.1, 0.15) is 43.2 Å². The Labute approximate surface area is 124 Å². The smallest absolute Gasteiger partial charge is 0.174 e. The molecule has 1 aromatic rings. The molecule has 1 spiro atoms. The molecule has 0 N–H and O–H groups in total. The van der Waals surface area contributed by atoms with E-state index in [1.807, 2.05) is 6.07 Å². The largest absolute Gasteiger partial charge is 0.493 e. The molecule has 5 rings (SSSR count). The van der Waals surface area contributed by atoms with Crippen LogP contribution < -0.4 is 9.47 Å². The van der Waals surface area contributed by atoms with Gasteiger partial charge in [-0.25, -0.2) is 0 Å². The molecule has 0 saturated heterocycles. The Morgan fingerprint density at radius 3 is 3.10 bits per heavy atom. The molecule has 110 valence electrons. The van der Waals surface area contributed by atoms with Crippen LogP contribution in [0.25, 0.3) is 0 Å². The zero-order chi connectivity index (χ0) is 14.2. The van der Waals surface area contributed by atoms with E-state index in [-0.39, 0.29) is 11.5 Å². The topological polar surface area (TPSA) is 35.5 Å². The molecular weight excluding hydrogens is 264 g/mol. The molecule has 3 nitrogen and oxygen atoms in total. The molecule has 0 aromatic heterocycles. The Balaban J connectivity index is 1.83. The lowest BCUT2D eigenvalue weighted by Gasteiger charge is -2.54. The third-order valence-electron chi connectivity index (χ3n) is 6.47. The molecule has 2 bridgehead atoms. The van der Waals surface area contributed by atoms with Gasteiger partial charge in [0.15, 0.2) is 23.4 Å². The van der Waals surface area contributed by atoms with Gasteiger partial charge in [0.05, 0.1) is 7.11 Å². The molecule has 4 aliphatic rings. The summed E-state index contributed by atoms with van der Waals surface area (Å²) in [5, 5.41) is 0. The third kappa shape index (κ3) is 1.25. The van der Waals surface area contributed by atoms with Crippen LogP contribution in [-0.2, 0) is 16.6 Å². The maximum absolute atomic E-state index is 12.6. The highest BCUT2D eigenvalue weighted by Gasteiger charge is 2.64. The summed E-state index contributed by atoms with van der Waals surface area (Å²) in [6.45, 7) is 0. The van der Waals surface area contributed by atoms with Crippen molar-refractivity contribution in [2.75, 3.05) is 7.11 Å². The van der Waals surface area contributed by atoms with E-state index in [1.54, 1.807) is 7.11 Å². The minimum atomic E-state index is -0.246. The predicted octanol–water partition coefficient (Wildman–Crippen LogP) is 3.03. The second-order valence-corrected chi connectivity index (χ2v) is 7.14. The first kappa shape index (κ1) is 12.1. The number of hydrogen-bond acceptors (Lipinski definition) is 3. The number of hydrogen-bond donors (Lipinski definition) is 0. The molecule has 1 aromatic carbocycles. The summed E-state index contributed by atoms with van der Waals surface area (Å²) in [5.74, 6) is 3.35. The van der Waals surface area contributed by atoms with Crippen LogP contribution in [-0.4, -0.2) is 19.0 Å². The van der Waals surface area contributed by atoms with E-state index in [0.717, 1.165) is 36.7 Å². The van der Waals surface area contributed by atoms with Crippen molar-refractivity contribution in [3.8, 4) is 11.5 Å². The van der Waals surface area contributed by atoms with Gasteiger partial charge in [0.1, 0.15) is 0 Å². The first-order valence-electron chi connectivity index (χ1n) is 8.15. The maximum atomic E-state index is 12.6. The third-order valence-corrected chi connectivity index (χ3v) is 6.47. The van der Waals surface area contributed by atoms with Crippen LogP contribution >= 0.6 is 0 Å². The van der Waals surface area contributed by atoms with Crippen LogP contribution in [0.5, 0.6) is 11.5 Å². The molecule has 1 aliphatic heterocycles. The van der Waals surface area contributed by atoms with Crippen molar-refractivity contribution in [1.29, 1.82) is 0 Å². The van der Waals surface area contributed by atoms with Gasteiger partial charge in [-0.15, -0.1) is 0 Å². The molecule has 3 aliphatic carbocycles. The highest BCUT2D eigenvalue weighted by Crippen LogP contribution is 2.65. The normalized spacial score (nSPS) is 38.7. The number of carbonyl (C=O) groups is 1. The van der Waals surface area contributed by atoms with E-state index >= 15 is 0 Å². The van der Waals surface area contributed by atoms with Crippen molar-refractivity contribution in [3.63, 3.8) is 0 Å². The summed E-state index contributed by atoms with van der Waals surface area (Å²) in [7, 11) is 1.69. The van der Waals surface area contributed by atoms with Gasteiger partial charge in [0.25, 0.3) is 0 Å². The lowest BCUT2D eigenvalue weighted by molar-refractivity contribution is -0.136. The molecule has 2 saturated carbocycles. The molecule has 1 heterocycles. The zero-order valence-electron chi connectivity index (χ0n) is 12.4. The number of ether oxygens (including phenoxy) is 2. The molecular formula is C18H20O3. The summed E-state index contributed by atoms with van der Waals surface area (Å²) < 4.78 is 11.7. The fourth-order valence-electron chi connectivity index (χ4n) is 5.82. The fraction of sp³-hybridized carbons (Fsp3) is 0.611. The van der Waals surface area contributed by atoms with Crippen LogP contribution in [0.4, 0.5) is 0 Å². The van der Waals surface area contributed by atoms with Crippen LogP contribution in [0.2, 0.25) is 0 Å². The zero-order valence-corrected chi connectivity index (χ0v) is 12.4. The van der Waals surface area contributed by atoms with E-state index in [9.17, 15) is 4.79 Å². The molecule has 3 heteroatoms. The quantitative estimate of drug-likeness (QED) is 0.795. The van der Waals surface area contributed by atoms with Gasteiger partial charge in [-0.3, -0.25) is 4.79 Å². The summed E-state index contributed by atoms with van der Waals surface area (Å²) >= 11 is 0. The molecule has 4 atom stereocenters. The average molecular weight is 284 g/mol. The highest BCUT2D eigenvalue weighted by molar-refractivity contribution is 5.89. The van der Waals surface area contributed by atoms with Crippen LogP contribution in [0.15, 0.2) is 12.1 Å². The second-order valence-electron chi connectivity index (χ2n) is 7.14. The van der Waals surface area contributed by atoms with E-state index in [2.05, 4.69) is 6.07 Å². The Kier molecular flexibility index (Phi) is 2.20. The Bertz CT molecular complexity index is 650. The van der Waals surface area contributed by atoms with Gasteiger partial charge in [-0.05, 0) is 49.1 Å². The van der Waals surface area contributed by atoms with Crippen molar-refractivity contribution < 1.29 is 14.3 Å². The summed E-state index contributed by atoms with van der Waals surface area (Å²) in [6, 6.07) is 4.22. The van der Waals surface area contributed by atoms with Crippen LogP contribution in [0.3, 0.4) is 0 Å². The van der Waals surface area contributed by atoms with Gasteiger partial charge in [0, 0.05) is 17.4 Å². The molecule has 1 unspecified atom stereocenters. The number of carbonyl (C=O) groups excluding carboxylic acids is 1. The summed E-state index contributed by atoms with van der Waals surface area (Å²) in [6.07, 6.45) is 6.31. The number of methoxy groups -OCH3 is 1. The number of rotatable bonds is 1. The first-order chi connectivity index (χ1) is 10.3. The Morgan fingerprint density at radius 1 is 1.33 bits per heavy atom.